The first-order valence-electron chi connectivity index (χ1n) is 10.3. The molecule has 150 valence electrons. The summed E-state index contributed by atoms with van der Waals surface area (Å²) < 4.78 is 0. The molecule has 5 nitrogen and oxygen atoms in total. The summed E-state index contributed by atoms with van der Waals surface area (Å²) in [5.74, 6) is 0.377. The summed E-state index contributed by atoms with van der Waals surface area (Å²) in [4.78, 5) is 29.7. The molecule has 4 rings (SSSR count). The minimum atomic E-state index is -0.562. The van der Waals surface area contributed by atoms with Crippen molar-refractivity contribution in [3.05, 3.63) is 71.9 Å². The molecule has 1 aliphatic rings. The number of nitrogens with zero attached hydrogens (tertiary/aromatic N) is 1. The Kier molecular flexibility index (Phi) is 5.65. The smallest absolute Gasteiger partial charge is 0.317 e. The van der Waals surface area contributed by atoms with Crippen LogP contribution in [0.1, 0.15) is 42.7 Å². The third-order valence-electron chi connectivity index (χ3n) is 6.14. The molecule has 29 heavy (non-hydrogen) atoms. The maximum Gasteiger partial charge on any atom is 0.317 e. The first-order chi connectivity index (χ1) is 14.2. The SMILES string of the molecule is CC(c1c[nH]c2ccccc12)C(C=O)NC(=O)N1CCC(c2ccccc2)CC1. The molecule has 0 aliphatic carbocycles. The van der Waals surface area contributed by atoms with Gasteiger partial charge in [-0.25, -0.2) is 4.79 Å². The van der Waals surface area contributed by atoms with Crippen LogP contribution in [0.4, 0.5) is 4.79 Å². The van der Waals surface area contributed by atoms with Crippen LogP contribution in [0.3, 0.4) is 0 Å². The van der Waals surface area contributed by atoms with Crippen LogP contribution in [0.2, 0.25) is 0 Å². The number of nitrogens with one attached hydrogen (secondary N) is 2. The van der Waals surface area contributed by atoms with Gasteiger partial charge < -0.3 is 20.0 Å². The number of hydrogen-bond acceptors (Lipinski definition) is 2. The summed E-state index contributed by atoms with van der Waals surface area (Å²) in [6.07, 6.45) is 4.67. The van der Waals surface area contributed by atoms with Crippen LogP contribution >= 0.6 is 0 Å². The van der Waals surface area contributed by atoms with Gasteiger partial charge in [0.15, 0.2) is 0 Å². The Morgan fingerprint density at radius 2 is 1.79 bits per heavy atom. The van der Waals surface area contributed by atoms with Crippen molar-refractivity contribution in [2.45, 2.75) is 37.6 Å². The number of aromatic nitrogens is 1. The number of H-pyrrole nitrogens is 1. The largest absolute Gasteiger partial charge is 0.361 e. The number of urea groups is 1. The number of aldehydes is 1. The Morgan fingerprint density at radius 1 is 1.10 bits per heavy atom. The third-order valence-corrected chi connectivity index (χ3v) is 6.14. The number of piperidine rings is 1. The van der Waals surface area contributed by atoms with E-state index in [2.05, 4.69) is 34.6 Å². The van der Waals surface area contributed by atoms with Gasteiger partial charge in [-0.05, 0) is 36.0 Å². The molecule has 2 aromatic carbocycles. The van der Waals surface area contributed by atoms with Crippen molar-refractivity contribution < 1.29 is 9.59 Å². The maximum atomic E-state index is 12.8. The molecule has 2 atom stereocenters. The van der Waals surface area contributed by atoms with Crippen molar-refractivity contribution in [1.29, 1.82) is 0 Å². The molecule has 2 amide bonds. The molecule has 1 saturated heterocycles. The summed E-state index contributed by atoms with van der Waals surface area (Å²) in [7, 11) is 0. The molecular weight excluding hydrogens is 362 g/mol. The standard InChI is InChI=1S/C24H27N3O2/c1-17(21-15-25-22-10-6-5-9-20(21)22)23(16-28)26-24(29)27-13-11-19(12-14-27)18-7-3-2-4-8-18/h2-10,15-17,19,23,25H,11-14H2,1H3,(H,26,29). The van der Waals surface area contributed by atoms with Gasteiger partial charge in [0.05, 0.1) is 6.04 Å². The van der Waals surface area contributed by atoms with Crippen LogP contribution in [-0.2, 0) is 4.79 Å². The van der Waals surface area contributed by atoms with E-state index in [0.717, 1.165) is 35.6 Å². The highest BCUT2D eigenvalue weighted by Gasteiger charge is 2.28. The zero-order valence-corrected chi connectivity index (χ0v) is 16.7. The predicted octanol–water partition coefficient (Wildman–Crippen LogP) is 4.43. The number of likely N-dealkylation sites (tertiary alicyclic amines) is 1. The lowest BCUT2D eigenvalue weighted by molar-refractivity contribution is -0.109. The average molecular weight is 389 g/mol. The summed E-state index contributed by atoms with van der Waals surface area (Å²) in [5, 5.41) is 4.04. The van der Waals surface area contributed by atoms with E-state index in [1.807, 2.05) is 48.4 Å². The van der Waals surface area contributed by atoms with Gasteiger partial charge in [-0.3, -0.25) is 0 Å². The fourth-order valence-electron chi connectivity index (χ4n) is 4.32. The molecule has 0 bridgehead atoms. The highest BCUT2D eigenvalue weighted by molar-refractivity contribution is 5.85. The predicted molar refractivity (Wildman–Crippen MR) is 115 cm³/mol. The van der Waals surface area contributed by atoms with E-state index in [-0.39, 0.29) is 11.9 Å². The minimum absolute atomic E-state index is 0.116. The Bertz CT molecular complexity index is 974. The van der Waals surface area contributed by atoms with E-state index in [1.54, 1.807) is 0 Å². The van der Waals surface area contributed by atoms with E-state index in [1.165, 1.54) is 5.56 Å². The van der Waals surface area contributed by atoms with E-state index < -0.39 is 6.04 Å². The first-order valence-corrected chi connectivity index (χ1v) is 10.3. The van der Waals surface area contributed by atoms with E-state index in [4.69, 9.17) is 0 Å². The Balaban J connectivity index is 1.38. The number of benzene rings is 2. The van der Waals surface area contributed by atoms with Crippen LogP contribution in [0, 0.1) is 0 Å². The van der Waals surface area contributed by atoms with Crippen molar-refractivity contribution in [2.24, 2.45) is 0 Å². The highest BCUT2D eigenvalue weighted by atomic mass is 16.2. The van der Waals surface area contributed by atoms with Gasteiger partial charge in [0.1, 0.15) is 6.29 Å². The molecule has 0 spiro atoms. The zero-order valence-electron chi connectivity index (χ0n) is 16.7. The fourth-order valence-corrected chi connectivity index (χ4v) is 4.32. The molecule has 1 aromatic heterocycles. The van der Waals surface area contributed by atoms with E-state index >= 15 is 0 Å². The minimum Gasteiger partial charge on any atom is -0.361 e. The lowest BCUT2D eigenvalue weighted by Gasteiger charge is -2.33. The highest BCUT2D eigenvalue weighted by Crippen LogP contribution is 2.29. The second-order valence-corrected chi connectivity index (χ2v) is 7.86. The topological polar surface area (TPSA) is 65.2 Å². The molecule has 5 heteroatoms. The van der Waals surface area contributed by atoms with Gasteiger partial charge in [-0.2, -0.15) is 0 Å². The normalized spacial score (nSPS) is 17.1. The molecular formula is C24H27N3O2. The number of aromatic amines is 1. The fraction of sp³-hybridized carbons (Fsp3) is 0.333. The first kappa shape index (κ1) is 19.2. The van der Waals surface area contributed by atoms with Crippen molar-refractivity contribution in [1.82, 2.24) is 15.2 Å². The van der Waals surface area contributed by atoms with Crippen LogP contribution < -0.4 is 5.32 Å². The quantitative estimate of drug-likeness (QED) is 0.634. The van der Waals surface area contributed by atoms with Crippen LogP contribution in [0.25, 0.3) is 10.9 Å². The number of rotatable bonds is 5. The number of amides is 2. The molecule has 0 saturated carbocycles. The number of para-hydroxylation sites is 1. The van der Waals surface area contributed by atoms with Crippen LogP contribution in [0.5, 0.6) is 0 Å². The molecule has 0 radical (unpaired) electrons. The lowest BCUT2D eigenvalue weighted by atomic mass is 9.89. The van der Waals surface area contributed by atoms with Crippen molar-refractivity contribution in [3.8, 4) is 0 Å². The summed E-state index contributed by atoms with van der Waals surface area (Å²) in [5.41, 5.74) is 3.42. The summed E-state index contributed by atoms with van der Waals surface area (Å²) >= 11 is 0. The molecule has 3 aromatic rings. The van der Waals surface area contributed by atoms with Gasteiger partial charge >= 0.3 is 6.03 Å². The zero-order chi connectivity index (χ0) is 20.2. The van der Waals surface area contributed by atoms with Gasteiger partial charge in [0, 0.05) is 36.1 Å². The van der Waals surface area contributed by atoms with Crippen LogP contribution in [-0.4, -0.2) is 41.3 Å². The van der Waals surface area contributed by atoms with E-state index in [0.29, 0.717) is 19.0 Å². The second kappa shape index (κ2) is 8.52. The number of carbonyl (C=O) groups is 2. The molecule has 2 heterocycles. The lowest BCUT2D eigenvalue weighted by Crippen LogP contribution is -2.49. The summed E-state index contributed by atoms with van der Waals surface area (Å²) in [6.45, 7) is 3.40. The summed E-state index contributed by atoms with van der Waals surface area (Å²) in [6, 6.07) is 17.8. The number of fused-ring (bicyclic) bond motifs is 1. The molecule has 2 N–H and O–H groups in total. The Labute approximate surface area is 171 Å². The Morgan fingerprint density at radius 3 is 2.52 bits per heavy atom. The molecule has 2 unspecified atom stereocenters. The van der Waals surface area contributed by atoms with Gasteiger partial charge in [-0.15, -0.1) is 0 Å². The Hall–Kier alpha value is -3.08. The second-order valence-electron chi connectivity index (χ2n) is 7.86. The molecule has 1 aliphatic heterocycles. The average Bonchev–Trinajstić information content (AvgIpc) is 3.22. The number of carbonyl (C=O) groups excluding carboxylic acids is 2. The van der Waals surface area contributed by atoms with Gasteiger partial charge in [-0.1, -0.05) is 55.5 Å². The van der Waals surface area contributed by atoms with Crippen LogP contribution in [0.15, 0.2) is 60.8 Å². The maximum absolute atomic E-state index is 12.8. The van der Waals surface area contributed by atoms with Gasteiger partial charge in [0.2, 0.25) is 0 Å². The molecule has 1 fully saturated rings. The van der Waals surface area contributed by atoms with Gasteiger partial charge in [0.25, 0.3) is 0 Å². The number of hydrogen-bond donors (Lipinski definition) is 2. The monoisotopic (exact) mass is 389 g/mol. The van der Waals surface area contributed by atoms with Crippen molar-refractivity contribution in [3.63, 3.8) is 0 Å². The van der Waals surface area contributed by atoms with Crippen molar-refractivity contribution >= 4 is 23.2 Å². The van der Waals surface area contributed by atoms with E-state index in [9.17, 15) is 9.59 Å². The van der Waals surface area contributed by atoms with Crippen molar-refractivity contribution in [2.75, 3.05) is 13.1 Å². The third kappa shape index (κ3) is 4.04.